The van der Waals surface area contributed by atoms with Gasteiger partial charge in [-0.1, -0.05) is 53.9 Å². The molecule has 0 saturated carbocycles. The van der Waals surface area contributed by atoms with Gasteiger partial charge in [-0.15, -0.1) is 0 Å². The Morgan fingerprint density at radius 1 is 0.865 bits per heavy atom. The predicted molar refractivity (Wildman–Crippen MR) is 141 cm³/mol. The SMILES string of the molecule is O=C(O)[C@@H]1[C@H]2CCC(CN1C(=O)N(c1ccccc1)c1ccccc1)N2C(=O)C#Cc1ccc(Cl)cc1. The van der Waals surface area contributed by atoms with Gasteiger partial charge in [-0.25, -0.2) is 9.59 Å². The van der Waals surface area contributed by atoms with Gasteiger partial charge in [-0.2, -0.15) is 0 Å². The lowest BCUT2D eigenvalue weighted by Crippen LogP contribution is -2.66. The van der Waals surface area contributed by atoms with E-state index in [2.05, 4.69) is 11.8 Å². The molecule has 3 atom stereocenters. The van der Waals surface area contributed by atoms with Crippen molar-refractivity contribution in [3.05, 3.63) is 95.5 Å². The van der Waals surface area contributed by atoms with Gasteiger partial charge in [0.15, 0.2) is 6.04 Å². The molecule has 5 rings (SSSR count). The molecule has 1 unspecified atom stereocenters. The Morgan fingerprint density at radius 3 is 2.03 bits per heavy atom. The molecular formula is C29H24ClN3O4. The number of hydrogen-bond acceptors (Lipinski definition) is 3. The standard InChI is InChI=1S/C29H24ClN3O4/c30-21-14-11-20(12-15-21)13-18-26(34)33-24-16-17-25(33)27(28(35)36)31(19-24)29(37)32(22-7-3-1-4-8-22)23-9-5-2-6-10-23/h1-12,14-15,24-25,27H,16-17,19H2,(H,35,36)/t24?,25-,27+/m1/s1. The van der Waals surface area contributed by atoms with Crippen molar-refractivity contribution in [2.45, 2.75) is 31.0 Å². The number of benzene rings is 3. The van der Waals surface area contributed by atoms with Gasteiger partial charge < -0.3 is 14.9 Å². The van der Waals surface area contributed by atoms with E-state index in [9.17, 15) is 19.5 Å². The normalized spacial score (nSPS) is 20.1. The fourth-order valence-electron chi connectivity index (χ4n) is 5.14. The minimum atomic E-state index is -1.19. The highest BCUT2D eigenvalue weighted by atomic mass is 35.5. The molecular weight excluding hydrogens is 490 g/mol. The number of carbonyl (C=O) groups excluding carboxylic acids is 2. The zero-order valence-corrected chi connectivity index (χ0v) is 20.6. The number of halogens is 1. The number of likely N-dealkylation sites (tertiary alicyclic amines) is 1. The second-order valence-electron chi connectivity index (χ2n) is 8.99. The van der Waals surface area contributed by atoms with Crippen LogP contribution in [0.2, 0.25) is 5.02 Å². The summed E-state index contributed by atoms with van der Waals surface area (Å²) < 4.78 is 0. The number of rotatable bonds is 3. The molecule has 0 aromatic heterocycles. The van der Waals surface area contributed by atoms with Crippen LogP contribution in [0.5, 0.6) is 0 Å². The lowest BCUT2D eigenvalue weighted by Gasteiger charge is -2.45. The first-order valence-electron chi connectivity index (χ1n) is 12.0. The molecule has 8 heteroatoms. The molecule has 0 radical (unpaired) electrons. The maximum absolute atomic E-state index is 14.0. The summed E-state index contributed by atoms with van der Waals surface area (Å²) in [4.78, 5) is 44.1. The molecule has 37 heavy (non-hydrogen) atoms. The van der Waals surface area contributed by atoms with Crippen molar-refractivity contribution in [3.63, 3.8) is 0 Å². The van der Waals surface area contributed by atoms with Gasteiger partial charge in [0.25, 0.3) is 5.91 Å². The lowest BCUT2D eigenvalue weighted by molar-refractivity contribution is -0.149. The number of para-hydroxylation sites is 2. The smallest absolute Gasteiger partial charge is 0.329 e. The van der Waals surface area contributed by atoms with Gasteiger partial charge >= 0.3 is 12.0 Å². The summed E-state index contributed by atoms with van der Waals surface area (Å²) in [7, 11) is 0. The summed E-state index contributed by atoms with van der Waals surface area (Å²) in [5.41, 5.74) is 1.89. The molecule has 2 aliphatic heterocycles. The Balaban J connectivity index is 1.45. The van der Waals surface area contributed by atoms with Crippen molar-refractivity contribution in [2.75, 3.05) is 11.4 Å². The fraction of sp³-hybridized carbons (Fsp3) is 0.207. The molecule has 3 amide bonds. The van der Waals surface area contributed by atoms with E-state index in [0.717, 1.165) is 0 Å². The Morgan fingerprint density at radius 2 is 1.46 bits per heavy atom. The van der Waals surface area contributed by atoms with Crippen molar-refractivity contribution >= 4 is 40.9 Å². The van der Waals surface area contributed by atoms with Gasteiger partial charge in [0.2, 0.25) is 0 Å². The number of piperazine rings is 1. The fourth-order valence-corrected chi connectivity index (χ4v) is 5.26. The average Bonchev–Trinajstić information content (AvgIpc) is 3.22. The van der Waals surface area contributed by atoms with Crippen LogP contribution < -0.4 is 4.90 Å². The molecule has 2 saturated heterocycles. The van der Waals surface area contributed by atoms with E-state index in [4.69, 9.17) is 11.6 Å². The number of aliphatic carboxylic acids is 1. The van der Waals surface area contributed by atoms with E-state index in [1.807, 2.05) is 36.4 Å². The summed E-state index contributed by atoms with van der Waals surface area (Å²) in [6.07, 6.45) is 1.08. The van der Waals surface area contributed by atoms with Crippen molar-refractivity contribution in [1.29, 1.82) is 0 Å². The molecule has 2 fully saturated rings. The lowest BCUT2D eigenvalue weighted by atomic mass is 10.0. The Labute approximate surface area is 219 Å². The summed E-state index contributed by atoms with van der Waals surface area (Å²) >= 11 is 5.91. The monoisotopic (exact) mass is 513 g/mol. The number of urea groups is 1. The maximum atomic E-state index is 14.0. The largest absolute Gasteiger partial charge is 0.480 e. The highest BCUT2D eigenvalue weighted by Crippen LogP contribution is 2.37. The molecule has 0 spiro atoms. The summed E-state index contributed by atoms with van der Waals surface area (Å²) in [6.45, 7) is 0.108. The highest BCUT2D eigenvalue weighted by molar-refractivity contribution is 6.30. The number of hydrogen-bond donors (Lipinski definition) is 1. The van der Waals surface area contributed by atoms with Crippen LogP contribution in [-0.4, -0.2) is 57.5 Å². The predicted octanol–water partition coefficient (Wildman–Crippen LogP) is 4.78. The third kappa shape index (κ3) is 4.89. The van der Waals surface area contributed by atoms with Crippen LogP contribution in [-0.2, 0) is 9.59 Å². The second kappa shape index (κ2) is 10.4. The van der Waals surface area contributed by atoms with Gasteiger partial charge in [0.1, 0.15) is 0 Å². The minimum Gasteiger partial charge on any atom is -0.480 e. The third-order valence-electron chi connectivity index (χ3n) is 6.77. The van der Waals surface area contributed by atoms with E-state index in [1.165, 1.54) is 9.80 Å². The van der Waals surface area contributed by atoms with Crippen LogP contribution in [0.25, 0.3) is 0 Å². The Hall–Kier alpha value is -4.28. The first-order valence-corrected chi connectivity index (χ1v) is 12.4. The number of anilines is 2. The van der Waals surface area contributed by atoms with E-state index in [-0.39, 0.29) is 12.6 Å². The highest BCUT2D eigenvalue weighted by Gasteiger charge is 2.53. The number of carboxylic acid groups (broad SMARTS) is 1. The van der Waals surface area contributed by atoms with E-state index in [0.29, 0.717) is 34.8 Å². The first kappa shape index (κ1) is 24.4. The average molecular weight is 514 g/mol. The molecule has 2 bridgehead atoms. The van der Waals surface area contributed by atoms with Gasteiger partial charge in [0.05, 0.1) is 23.5 Å². The number of fused-ring (bicyclic) bond motifs is 2. The van der Waals surface area contributed by atoms with E-state index < -0.39 is 30.0 Å². The quantitative estimate of drug-likeness (QED) is 0.511. The van der Waals surface area contributed by atoms with Crippen LogP contribution >= 0.6 is 11.6 Å². The van der Waals surface area contributed by atoms with Crippen LogP contribution in [0.4, 0.5) is 16.2 Å². The maximum Gasteiger partial charge on any atom is 0.329 e. The molecule has 2 aliphatic rings. The molecule has 0 aliphatic carbocycles. The van der Waals surface area contributed by atoms with Crippen LogP contribution in [0.3, 0.4) is 0 Å². The van der Waals surface area contributed by atoms with E-state index in [1.54, 1.807) is 53.4 Å². The molecule has 186 valence electrons. The van der Waals surface area contributed by atoms with Crippen LogP contribution in [0.15, 0.2) is 84.9 Å². The molecule has 1 N–H and O–H groups in total. The minimum absolute atomic E-state index is 0.108. The zero-order valence-electron chi connectivity index (χ0n) is 19.8. The summed E-state index contributed by atoms with van der Waals surface area (Å²) in [6, 6.07) is 22.4. The van der Waals surface area contributed by atoms with Gasteiger partial charge in [0, 0.05) is 23.1 Å². The molecule has 3 aromatic rings. The van der Waals surface area contributed by atoms with Crippen molar-refractivity contribution in [1.82, 2.24) is 9.80 Å². The second-order valence-corrected chi connectivity index (χ2v) is 9.43. The Bertz CT molecular complexity index is 1330. The van der Waals surface area contributed by atoms with Crippen LogP contribution in [0, 0.1) is 11.8 Å². The Kier molecular flexibility index (Phi) is 6.85. The number of nitrogens with zero attached hydrogens (tertiary/aromatic N) is 3. The first-order chi connectivity index (χ1) is 17.9. The number of amides is 3. The number of carboxylic acids is 1. The van der Waals surface area contributed by atoms with Crippen molar-refractivity contribution in [3.8, 4) is 11.8 Å². The molecule has 7 nitrogen and oxygen atoms in total. The summed E-state index contributed by atoms with van der Waals surface area (Å²) in [5.74, 6) is 3.90. The summed E-state index contributed by atoms with van der Waals surface area (Å²) in [5, 5.41) is 10.8. The zero-order chi connectivity index (χ0) is 25.9. The van der Waals surface area contributed by atoms with E-state index >= 15 is 0 Å². The van der Waals surface area contributed by atoms with Crippen LogP contribution in [0.1, 0.15) is 18.4 Å². The third-order valence-corrected chi connectivity index (χ3v) is 7.02. The van der Waals surface area contributed by atoms with Gasteiger partial charge in [-0.3, -0.25) is 9.69 Å². The topological polar surface area (TPSA) is 81.2 Å². The molecule has 2 heterocycles. The molecule has 3 aromatic carbocycles. The van der Waals surface area contributed by atoms with Crippen molar-refractivity contribution in [2.24, 2.45) is 0 Å². The van der Waals surface area contributed by atoms with Gasteiger partial charge in [-0.05, 0) is 61.4 Å². The van der Waals surface area contributed by atoms with Crippen molar-refractivity contribution < 1.29 is 19.5 Å². The number of carbonyl (C=O) groups is 3.